The summed E-state index contributed by atoms with van der Waals surface area (Å²) in [4.78, 5) is 35.6. The Kier molecular flexibility index (Phi) is 3.41. The number of hydrogen-bond donors (Lipinski definition) is 0. The summed E-state index contributed by atoms with van der Waals surface area (Å²) in [5.41, 5.74) is -0.518. The van der Waals surface area contributed by atoms with E-state index in [1.165, 1.54) is 38.6 Å². The average molecular weight is 287 g/mol. The van der Waals surface area contributed by atoms with Gasteiger partial charge in [-0.15, -0.1) is 0 Å². The highest BCUT2D eigenvalue weighted by molar-refractivity contribution is 5.87. The Morgan fingerprint density at radius 1 is 1.05 bits per heavy atom. The number of ether oxygens (including phenoxy) is 1. The Bertz CT molecular complexity index is 793. The van der Waals surface area contributed by atoms with E-state index < -0.39 is 0 Å². The summed E-state index contributed by atoms with van der Waals surface area (Å²) in [6, 6.07) is 7.36. The molecule has 1 aliphatic heterocycles. The minimum atomic E-state index is -0.280. The van der Waals surface area contributed by atoms with Gasteiger partial charge in [-0.1, -0.05) is 6.07 Å². The number of nitrogens with zero attached hydrogens (tertiary/aromatic N) is 3. The predicted molar refractivity (Wildman–Crippen MR) is 75.2 cm³/mol. The van der Waals surface area contributed by atoms with Crippen molar-refractivity contribution in [1.29, 1.82) is 0 Å². The fourth-order valence-corrected chi connectivity index (χ4v) is 2.20. The second kappa shape index (κ2) is 5.37. The van der Waals surface area contributed by atoms with E-state index in [0.29, 0.717) is 19.0 Å². The number of aromatic nitrogens is 2. The van der Waals surface area contributed by atoms with Crippen molar-refractivity contribution in [2.24, 2.45) is 0 Å². The standard InChI is InChI=1S/C14H13N3O4/c18-11-4-6-16(17-7-8-21-10-14(17)20)12(9-11)15-5-2-1-3-13(15)19/h1-6,9H,7-8,10H2. The Hall–Kier alpha value is -2.67. The van der Waals surface area contributed by atoms with Crippen LogP contribution in [0.5, 0.6) is 0 Å². The SMILES string of the molecule is O=C1COCCN1n1ccc(=O)cc1-n1ccccc1=O. The lowest BCUT2D eigenvalue weighted by molar-refractivity contribution is -0.127. The summed E-state index contributed by atoms with van der Waals surface area (Å²) in [6.07, 6.45) is 3.04. The van der Waals surface area contributed by atoms with Gasteiger partial charge in [0.15, 0.2) is 5.43 Å². The van der Waals surface area contributed by atoms with Crippen LogP contribution in [0.15, 0.2) is 52.3 Å². The average Bonchev–Trinajstić information content (AvgIpc) is 2.49. The van der Waals surface area contributed by atoms with Gasteiger partial charge < -0.3 is 4.74 Å². The molecule has 0 bridgehead atoms. The van der Waals surface area contributed by atoms with Crippen LogP contribution in [-0.2, 0) is 9.53 Å². The number of pyridine rings is 2. The van der Waals surface area contributed by atoms with Crippen LogP contribution in [0.3, 0.4) is 0 Å². The number of morpholine rings is 1. The fraction of sp³-hybridized carbons (Fsp3) is 0.214. The zero-order valence-electron chi connectivity index (χ0n) is 11.1. The van der Waals surface area contributed by atoms with Crippen molar-refractivity contribution in [3.05, 3.63) is 63.3 Å². The highest BCUT2D eigenvalue weighted by Crippen LogP contribution is 2.07. The first-order valence-corrected chi connectivity index (χ1v) is 6.46. The van der Waals surface area contributed by atoms with Crippen LogP contribution < -0.4 is 16.0 Å². The molecular weight excluding hydrogens is 274 g/mol. The van der Waals surface area contributed by atoms with Gasteiger partial charge in [0.1, 0.15) is 12.4 Å². The molecule has 0 radical (unpaired) electrons. The molecule has 1 aliphatic rings. The largest absolute Gasteiger partial charge is 0.370 e. The highest BCUT2D eigenvalue weighted by atomic mass is 16.5. The van der Waals surface area contributed by atoms with E-state index in [2.05, 4.69) is 0 Å². The number of hydrogen-bond acceptors (Lipinski definition) is 4. The van der Waals surface area contributed by atoms with Crippen LogP contribution in [0.1, 0.15) is 0 Å². The number of rotatable bonds is 2. The fourth-order valence-electron chi connectivity index (χ4n) is 2.20. The molecule has 0 spiro atoms. The molecule has 0 aromatic carbocycles. The Balaban J connectivity index is 2.18. The highest BCUT2D eigenvalue weighted by Gasteiger charge is 2.22. The smallest absolute Gasteiger partial charge is 0.267 e. The molecule has 2 aromatic rings. The topological polar surface area (TPSA) is 73.5 Å². The second-order valence-corrected chi connectivity index (χ2v) is 4.54. The lowest BCUT2D eigenvalue weighted by Gasteiger charge is -2.30. The van der Waals surface area contributed by atoms with Crippen molar-refractivity contribution in [2.75, 3.05) is 24.8 Å². The van der Waals surface area contributed by atoms with E-state index in [4.69, 9.17) is 4.74 Å². The molecule has 7 nitrogen and oxygen atoms in total. The van der Waals surface area contributed by atoms with Gasteiger partial charge in [-0.05, 0) is 6.07 Å². The van der Waals surface area contributed by atoms with Gasteiger partial charge >= 0.3 is 0 Å². The summed E-state index contributed by atoms with van der Waals surface area (Å²) in [7, 11) is 0. The Morgan fingerprint density at radius 3 is 2.67 bits per heavy atom. The van der Waals surface area contributed by atoms with Crippen LogP contribution in [0, 0.1) is 0 Å². The van der Waals surface area contributed by atoms with Crippen LogP contribution in [0.2, 0.25) is 0 Å². The van der Waals surface area contributed by atoms with Gasteiger partial charge in [-0.25, -0.2) is 9.69 Å². The summed E-state index contributed by atoms with van der Waals surface area (Å²) >= 11 is 0. The van der Waals surface area contributed by atoms with E-state index >= 15 is 0 Å². The minimum Gasteiger partial charge on any atom is -0.370 e. The van der Waals surface area contributed by atoms with Gasteiger partial charge in [0.25, 0.3) is 11.5 Å². The molecule has 1 amide bonds. The van der Waals surface area contributed by atoms with Gasteiger partial charge in [0.2, 0.25) is 0 Å². The molecule has 0 unspecified atom stereocenters. The number of amides is 1. The van der Waals surface area contributed by atoms with Crippen LogP contribution in [0.25, 0.3) is 5.82 Å². The van der Waals surface area contributed by atoms with Gasteiger partial charge in [0.05, 0.1) is 13.2 Å². The normalized spacial score (nSPS) is 15.2. The van der Waals surface area contributed by atoms with Gasteiger partial charge in [0, 0.05) is 30.6 Å². The van der Waals surface area contributed by atoms with Crippen LogP contribution >= 0.6 is 0 Å². The predicted octanol–water partition coefficient (Wildman–Crippen LogP) is -0.506. The third-order valence-corrected chi connectivity index (χ3v) is 3.18. The first-order valence-electron chi connectivity index (χ1n) is 6.46. The van der Waals surface area contributed by atoms with Crippen molar-refractivity contribution in [3.8, 4) is 5.82 Å². The zero-order chi connectivity index (χ0) is 14.8. The minimum absolute atomic E-state index is 0.0186. The first kappa shape index (κ1) is 13.3. The van der Waals surface area contributed by atoms with Crippen LogP contribution in [-0.4, -0.2) is 34.9 Å². The lowest BCUT2D eigenvalue weighted by Crippen LogP contribution is -2.50. The molecular formula is C14H13N3O4. The summed E-state index contributed by atoms with van der Waals surface area (Å²) in [5.74, 6) is 0.0958. The molecule has 1 fully saturated rings. The maximum Gasteiger partial charge on any atom is 0.267 e. The van der Waals surface area contributed by atoms with Gasteiger partial charge in [-0.2, -0.15) is 0 Å². The van der Waals surface area contributed by atoms with Crippen molar-refractivity contribution < 1.29 is 9.53 Å². The van der Waals surface area contributed by atoms with E-state index in [1.807, 2.05) is 0 Å². The first-order chi connectivity index (χ1) is 10.2. The van der Waals surface area contributed by atoms with Crippen molar-refractivity contribution in [2.45, 2.75) is 0 Å². The summed E-state index contributed by atoms with van der Waals surface area (Å²) < 4.78 is 7.92. The maximum absolute atomic E-state index is 12.0. The van der Waals surface area contributed by atoms with E-state index in [0.717, 1.165) is 0 Å². The quantitative estimate of drug-likeness (QED) is 0.746. The molecule has 3 heterocycles. The Labute approximate surface area is 119 Å². The third kappa shape index (κ3) is 2.50. The van der Waals surface area contributed by atoms with E-state index in [9.17, 15) is 14.4 Å². The molecule has 3 rings (SSSR count). The summed E-state index contributed by atoms with van der Waals surface area (Å²) in [6.45, 7) is 0.743. The molecule has 1 saturated heterocycles. The third-order valence-electron chi connectivity index (χ3n) is 3.18. The number of carbonyl (C=O) groups is 1. The number of carbonyl (C=O) groups excluding carboxylic acids is 1. The van der Waals surface area contributed by atoms with Crippen molar-refractivity contribution in [3.63, 3.8) is 0 Å². The molecule has 0 N–H and O–H groups in total. The summed E-state index contributed by atoms with van der Waals surface area (Å²) in [5, 5.41) is 1.46. The lowest BCUT2D eigenvalue weighted by atomic mass is 10.4. The van der Waals surface area contributed by atoms with Crippen LogP contribution in [0.4, 0.5) is 0 Å². The van der Waals surface area contributed by atoms with Crippen molar-refractivity contribution in [1.82, 2.24) is 9.24 Å². The van der Waals surface area contributed by atoms with Gasteiger partial charge in [-0.3, -0.25) is 19.0 Å². The molecule has 0 atom stereocenters. The molecule has 7 heteroatoms. The second-order valence-electron chi connectivity index (χ2n) is 4.54. The molecule has 2 aromatic heterocycles. The maximum atomic E-state index is 12.0. The molecule has 108 valence electrons. The molecule has 0 saturated carbocycles. The Morgan fingerprint density at radius 2 is 1.90 bits per heavy atom. The van der Waals surface area contributed by atoms with Crippen molar-refractivity contribution >= 4 is 5.91 Å². The monoisotopic (exact) mass is 287 g/mol. The molecule has 0 aliphatic carbocycles. The van der Waals surface area contributed by atoms with E-state index in [-0.39, 0.29) is 23.5 Å². The molecule has 21 heavy (non-hydrogen) atoms. The zero-order valence-corrected chi connectivity index (χ0v) is 11.1. The van der Waals surface area contributed by atoms with E-state index in [1.54, 1.807) is 18.3 Å².